The van der Waals surface area contributed by atoms with E-state index in [0.717, 1.165) is 17.9 Å². The first kappa shape index (κ1) is 14.8. The molecule has 5 N–H and O–H groups in total. The van der Waals surface area contributed by atoms with E-state index in [1.165, 1.54) is 32.8 Å². The van der Waals surface area contributed by atoms with E-state index in [1.807, 2.05) is 12.1 Å². The van der Waals surface area contributed by atoms with Gasteiger partial charge in [0.25, 0.3) is 0 Å². The number of hydrogen-bond acceptors (Lipinski definition) is 2. The largest absolute Gasteiger partial charge is 0.399 e. The summed E-state index contributed by atoms with van der Waals surface area (Å²) >= 11 is 0. The molecule has 0 bridgehead atoms. The van der Waals surface area contributed by atoms with E-state index in [1.54, 1.807) is 0 Å². The summed E-state index contributed by atoms with van der Waals surface area (Å²) < 4.78 is 0. The van der Waals surface area contributed by atoms with Crippen molar-refractivity contribution in [1.82, 2.24) is 0 Å². The van der Waals surface area contributed by atoms with Gasteiger partial charge in [0.2, 0.25) is 0 Å². The number of anilines is 2. The van der Waals surface area contributed by atoms with E-state index in [4.69, 9.17) is 11.5 Å². The molecule has 0 aliphatic carbocycles. The summed E-state index contributed by atoms with van der Waals surface area (Å²) in [5.74, 6) is 0. The van der Waals surface area contributed by atoms with E-state index in [-0.39, 0.29) is 6.04 Å². The average molecular weight is 316 g/mol. The summed E-state index contributed by atoms with van der Waals surface area (Å²) in [6, 6.07) is 23.4. The molecule has 3 aromatic rings. The fourth-order valence-electron chi connectivity index (χ4n) is 3.89. The molecule has 1 heterocycles. The lowest BCUT2D eigenvalue weighted by Gasteiger charge is -2.35. The predicted octanol–water partition coefficient (Wildman–Crippen LogP) is 3.16. The third-order valence-corrected chi connectivity index (χ3v) is 4.93. The van der Waals surface area contributed by atoms with Crippen molar-refractivity contribution < 1.29 is 4.90 Å². The highest BCUT2D eigenvalue weighted by Gasteiger charge is 2.36. The minimum atomic E-state index is 0.226. The standard InChI is InChI=1S/C21H21N3/c1-2-24-20-13-16(23)9-11-18(20)17-10-8-15(22)12-19(17)21(24)14-6-4-3-5-7-14/h3-13,21H,2,22-23H2,1H3/p+1. The Morgan fingerprint density at radius 3 is 2.21 bits per heavy atom. The summed E-state index contributed by atoms with van der Waals surface area (Å²) in [5.41, 5.74) is 20.2. The Balaban J connectivity index is 2.02. The summed E-state index contributed by atoms with van der Waals surface area (Å²) in [4.78, 5) is 1.40. The van der Waals surface area contributed by atoms with E-state index in [2.05, 4.69) is 61.5 Å². The third-order valence-electron chi connectivity index (χ3n) is 4.93. The van der Waals surface area contributed by atoms with Gasteiger partial charge in [0.05, 0.1) is 6.54 Å². The van der Waals surface area contributed by atoms with Gasteiger partial charge in [-0.05, 0) is 36.8 Å². The Kier molecular flexibility index (Phi) is 3.51. The van der Waals surface area contributed by atoms with Gasteiger partial charge >= 0.3 is 0 Å². The topological polar surface area (TPSA) is 56.5 Å². The van der Waals surface area contributed by atoms with Crippen LogP contribution < -0.4 is 16.4 Å². The van der Waals surface area contributed by atoms with Crippen molar-refractivity contribution in [2.24, 2.45) is 0 Å². The first-order valence-electron chi connectivity index (χ1n) is 8.39. The molecule has 0 fully saturated rings. The zero-order valence-electron chi connectivity index (χ0n) is 13.8. The zero-order valence-corrected chi connectivity index (χ0v) is 13.8. The molecule has 0 saturated carbocycles. The van der Waals surface area contributed by atoms with Crippen molar-refractivity contribution in [3.8, 4) is 11.1 Å². The van der Waals surface area contributed by atoms with Crippen LogP contribution in [0.5, 0.6) is 0 Å². The van der Waals surface area contributed by atoms with Crippen molar-refractivity contribution in [2.75, 3.05) is 18.0 Å². The van der Waals surface area contributed by atoms with Crippen LogP contribution in [0.1, 0.15) is 24.1 Å². The second-order valence-electron chi connectivity index (χ2n) is 6.37. The normalized spacial score (nSPS) is 18.7. The van der Waals surface area contributed by atoms with Gasteiger partial charge in [-0.25, -0.2) is 0 Å². The van der Waals surface area contributed by atoms with E-state index < -0.39 is 0 Å². The second kappa shape index (κ2) is 5.69. The van der Waals surface area contributed by atoms with Crippen LogP contribution >= 0.6 is 0 Å². The maximum Gasteiger partial charge on any atom is 0.144 e. The average Bonchev–Trinajstić information content (AvgIpc) is 2.61. The highest BCUT2D eigenvalue weighted by molar-refractivity contribution is 5.81. The molecule has 1 aliphatic rings. The number of hydrogen-bond donors (Lipinski definition) is 3. The fraction of sp³-hybridized carbons (Fsp3) is 0.143. The number of nitrogens with two attached hydrogens (primary N) is 2. The van der Waals surface area contributed by atoms with Gasteiger partial charge in [0.15, 0.2) is 0 Å². The Morgan fingerprint density at radius 1 is 0.833 bits per heavy atom. The fourth-order valence-corrected chi connectivity index (χ4v) is 3.89. The monoisotopic (exact) mass is 316 g/mol. The lowest BCUT2D eigenvalue weighted by atomic mass is 9.84. The molecule has 0 spiro atoms. The van der Waals surface area contributed by atoms with Crippen LogP contribution in [-0.2, 0) is 0 Å². The SMILES string of the molecule is CC[NH+]1c2cc(N)ccc2-c2ccc(N)cc2C1c1ccccc1. The van der Waals surface area contributed by atoms with Crippen LogP contribution in [0.2, 0.25) is 0 Å². The van der Waals surface area contributed by atoms with Gasteiger partial charge in [-0.2, -0.15) is 0 Å². The minimum absolute atomic E-state index is 0.226. The maximum atomic E-state index is 6.12. The molecule has 0 radical (unpaired) electrons. The molecule has 24 heavy (non-hydrogen) atoms. The third kappa shape index (κ3) is 2.25. The van der Waals surface area contributed by atoms with E-state index in [0.29, 0.717) is 0 Å². The minimum Gasteiger partial charge on any atom is -0.399 e. The molecule has 3 aromatic carbocycles. The van der Waals surface area contributed by atoms with Gasteiger partial charge in [0.1, 0.15) is 11.7 Å². The number of nitrogen functional groups attached to an aromatic ring is 2. The summed E-state index contributed by atoms with van der Waals surface area (Å²) in [5, 5.41) is 0. The van der Waals surface area contributed by atoms with Crippen LogP contribution in [0.4, 0.5) is 17.1 Å². The Hall–Kier alpha value is -2.78. The molecule has 0 saturated heterocycles. The van der Waals surface area contributed by atoms with Crippen LogP contribution in [0.3, 0.4) is 0 Å². The van der Waals surface area contributed by atoms with Gasteiger partial charge < -0.3 is 11.5 Å². The molecule has 0 amide bonds. The van der Waals surface area contributed by atoms with Crippen LogP contribution in [0, 0.1) is 0 Å². The number of nitrogens with one attached hydrogen (secondary N) is 1. The van der Waals surface area contributed by atoms with Gasteiger partial charge in [-0.15, -0.1) is 0 Å². The lowest BCUT2D eigenvalue weighted by molar-refractivity contribution is -0.859. The first-order chi connectivity index (χ1) is 11.7. The van der Waals surface area contributed by atoms with Crippen molar-refractivity contribution in [3.05, 3.63) is 77.9 Å². The molecular formula is C21H22N3+. The molecule has 3 heteroatoms. The molecule has 4 rings (SSSR count). The summed E-state index contributed by atoms with van der Waals surface area (Å²) in [7, 11) is 0. The molecule has 120 valence electrons. The second-order valence-corrected chi connectivity index (χ2v) is 6.37. The molecule has 0 aromatic heterocycles. The van der Waals surface area contributed by atoms with Crippen LogP contribution in [-0.4, -0.2) is 6.54 Å². The van der Waals surface area contributed by atoms with Crippen molar-refractivity contribution >= 4 is 17.1 Å². The molecule has 1 aliphatic heterocycles. The summed E-state index contributed by atoms with van der Waals surface area (Å²) in [6.07, 6.45) is 0. The predicted molar refractivity (Wildman–Crippen MR) is 100 cm³/mol. The molecule has 2 atom stereocenters. The number of quaternary nitrogens is 1. The number of rotatable bonds is 2. The van der Waals surface area contributed by atoms with Gasteiger partial charge in [-0.1, -0.05) is 36.4 Å². The lowest BCUT2D eigenvalue weighted by Crippen LogP contribution is -3.08. The van der Waals surface area contributed by atoms with Crippen LogP contribution in [0.25, 0.3) is 11.1 Å². The Morgan fingerprint density at radius 2 is 1.50 bits per heavy atom. The quantitative estimate of drug-likeness (QED) is 0.636. The number of benzene rings is 3. The van der Waals surface area contributed by atoms with E-state index in [9.17, 15) is 0 Å². The molecule has 3 nitrogen and oxygen atoms in total. The molecular weight excluding hydrogens is 294 g/mol. The summed E-state index contributed by atoms with van der Waals surface area (Å²) in [6.45, 7) is 3.19. The van der Waals surface area contributed by atoms with Crippen molar-refractivity contribution in [2.45, 2.75) is 13.0 Å². The zero-order chi connectivity index (χ0) is 16.7. The first-order valence-corrected chi connectivity index (χ1v) is 8.39. The van der Waals surface area contributed by atoms with Crippen molar-refractivity contribution in [1.29, 1.82) is 0 Å². The smallest absolute Gasteiger partial charge is 0.144 e. The number of fused-ring (bicyclic) bond motifs is 3. The van der Waals surface area contributed by atoms with E-state index >= 15 is 0 Å². The van der Waals surface area contributed by atoms with Gasteiger partial charge in [0, 0.05) is 34.1 Å². The van der Waals surface area contributed by atoms with Gasteiger partial charge in [-0.3, -0.25) is 4.90 Å². The van der Waals surface area contributed by atoms with Crippen molar-refractivity contribution in [3.63, 3.8) is 0 Å². The van der Waals surface area contributed by atoms with Crippen LogP contribution in [0.15, 0.2) is 66.7 Å². The maximum absolute atomic E-state index is 6.12. The Labute approximate surface area is 142 Å². The highest BCUT2D eigenvalue weighted by atomic mass is 15.2. The molecule has 2 unspecified atom stereocenters. The Bertz CT molecular complexity index is 887. The highest BCUT2D eigenvalue weighted by Crippen LogP contribution is 2.40.